The second-order valence-corrected chi connectivity index (χ2v) is 3.26. The van der Waals surface area contributed by atoms with Gasteiger partial charge in [0, 0.05) is 0 Å². The van der Waals surface area contributed by atoms with Gasteiger partial charge in [-0.2, -0.15) is 0 Å². The summed E-state index contributed by atoms with van der Waals surface area (Å²) in [5.74, 6) is -1.90. The molecule has 0 spiro atoms. The first-order valence-corrected chi connectivity index (χ1v) is 4.54. The van der Waals surface area contributed by atoms with Crippen LogP contribution in [-0.2, 0) is 0 Å². The van der Waals surface area contributed by atoms with E-state index in [-0.39, 0.29) is 17.0 Å². The molecule has 0 saturated carbocycles. The van der Waals surface area contributed by atoms with Crippen LogP contribution in [0.2, 0.25) is 0 Å². The average Bonchev–Trinajstić information content (AvgIpc) is 2.64. The molecule has 2 rings (SSSR count). The van der Waals surface area contributed by atoms with Crippen molar-refractivity contribution in [3.63, 3.8) is 0 Å². The SMILES string of the molecule is Cc1coc(-c2c(F)cccc2C(=O)O)n1. The highest BCUT2D eigenvalue weighted by molar-refractivity contribution is 5.94. The fourth-order valence-corrected chi connectivity index (χ4v) is 1.39. The van der Waals surface area contributed by atoms with E-state index in [1.807, 2.05) is 0 Å². The lowest BCUT2D eigenvalue weighted by atomic mass is 10.1. The summed E-state index contributed by atoms with van der Waals surface area (Å²) in [6.45, 7) is 1.67. The van der Waals surface area contributed by atoms with Crippen molar-refractivity contribution in [3.05, 3.63) is 41.5 Å². The van der Waals surface area contributed by atoms with E-state index in [1.165, 1.54) is 24.5 Å². The zero-order valence-electron chi connectivity index (χ0n) is 8.40. The molecule has 2 aromatic rings. The van der Waals surface area contributed by atoms with Crippen molar-refractivity contribution in [2.24, 2.45) is 0 Å². The summed E-state index contributed by atoms with van der Waals surface area (Å²) in [7, 11) is 0. The number of carboxylic acids is 1. The number of aromatic nitrogens is 1. The third-order valence-electron chi connectivity index (χ3n) is 2.08. The largest absolute Gasteiger partial charge is 0.478 e. The van der Waals surface area contributed by atoms with Crippen molar-refractivity contribution < 1.29 is 18.7 Å². The van der Waals surface area contributed by atoms with Crippen LogP contribution in [0.3, 0.4) is 0 Å². The van der Waals surface area contributed by atoms with Gasteiger partial charge in [-0.15, -0.1) is 0 Å². The van der Waals surface area contributed by atoms with Gasteiger partial charge in [0.1, 0.15) is 12.1 Å². The Bertz CT molecular complexity index is 548. The maximum atomic E-state index is 13.5. The lowest BCUT2D eigenvalue weighted by molar-refractivity contribution is 0.0697. The highest BCUT2D eigenvalue weighted by atomic mass is 19.1. The highest BCUT2D eigenvalue weighted by Crippen LogP contribution is 2.26. The van der Waals surface area contributed by atoms with Crippen molar-refractivity contribution >= 4 is 5.97 Å². The van der Waals surface area contributed by atoms with Crippen LogP contribution in [0.15, 0.2) is 28.9 Å². The van der Waals surface area contributed by atoms with E-state index in [9.17, 15) is 9.18 Å². The molecule has 4 nitrogen and oxygen atoms in total. The maximum absolute atomic E-state index is 13.5. The smallest absolute Gasteiger partial charge is 0.336 e. The van der Waals surface area contributed by atoms with Gasteiger partial charge in [0.05, 0.1) is 16.8 Å². The van der Waals surface area contributed by atoms with E-state index < -0.39 is 11.8 Å². The number of hydrogen-bond acceptors (Lipinski definition) is 3. The van der Waals surface area contributed by atoms with Crippen LogP contribution in [0, 0.1) is 12.7 Å². The molecule has 1 heterocycles. The Labute approximate surface area is 90.4 Å². The number of nitrogens with zero attached hydrogens (tertiary/aromatic N) is 1. The molecule has 0 radical (unpaired) electrons. The van der Waals surface area contributed by atoms with Crippen LogP contribution in [0.1, 0.15) is 16.1 Å². The zero-order valence-corrected chi connectivity index (χ0v) is 8.40. The molecule has 16 heavy (non-hydrogen) atoms. The van der Waals surface area contributed by atoms with E-state index in [4.69, 9.17) is 9.52 Å². The molecule has 0 atom stereocenters. The molecule has 0 aliphatic carbocycles. The second kappa shape index (κ2) is 3.77. The summed E-state index contributed by atoms with van der Waals surface area (Å²) in [6, 6.07) is 3.81. The normalized spacial score (nSPS) is 10.4. The van der Waals surface area contributed by atoms with E-state index in [2.05, 4.69) is 4.98 Å². The number of halogens is 1. The minimum absolute atomic E-state index is 0.0204. The summed E-state index contributed by atoms with van der Waals surface area (Å²) in [6.07, 6.45) is 1.34. The molecule has 5 heteroatoms. The summed E-state index contributed by atoms with van der Waals surface area (Å²) < 4.78 is 18.5. The fraction of sp³-hybridized carbons (Fsp3) is 0.0909. The molecule has 1 aromatic carbocycles. The van der Waals surface area contributed by atoms with Gasteiger partial charge in [0.25, 0.3) is 0 Å². The summed E-state index contributed by atoms with van der Waals surface area (Å²) in [5, 5.41) is 8.92. The topological polar surface area (TPSA) is 63.3 Å². The van der Waals surface area contributed by atoms with Gasteiger partial charge in [-0.25, -0.2) is 14.2 Å². The standard InChI is InChI=1S/C11H8FNO3/c1-6-5-16-10(13-6)9-7(11(14)15)3-2-4-8(9)12/h2-5H,1H3,(H,14,15). The van der Waals surface area contributed by atoms with Crippen LogP contribution in [0.25, 0.3) is 11.5 Å². The highest BCUT2D eigenvalue weighted by Gasteiger charge is 2.19. The van der Waals surface area contributed by atoms with Crippen LogP contribution < -0.4 is 0 Å². The predicted octanol–water partition coefficient (Wildman–Crippen LogP) is 2.49. The van der Waals surface area contributed by atoms with Crippen LogP contribution >= 0.6 is 0 Å². The molecular weight excluding hydrogens is 213 g/mol. The Hall–Kier alpha value is -2.17. The number of rotatable bonds is 2. The number of benzene rings is 1. The van der Waals surface area contributed by atoms with Gasteiger partial charge < -0.3 is 9.52 Å². The molecule has 0 bridgehead atoms. The van der Waals surface area contributed by atoms with Crippen LogP contribution in [0.4, 0.5) is 4.39 Å². The van der Waals surface area contributed by atoms with E-state index in [1.54, 1.807) is 6.92 Å². The third-order valence-corrected chi connectivity index (χ3v) is 2.08. The van der Waals surface area contributed by atoms with Gasteiger partial charge in [-0.05, 0) is 19.1 Å². The quantitative estimate of drug-likeness (QED) is 0.846. The summed E-state index contributed by atoms with van der Waals surface area (Å²) in [5.41, 5.74) is 0.277. The first-order chi connectivity index (χ1) is 7.59. The Morgan fingerprint density at radius 1 is 1.50 bits per heavy atom. The van der Waals surface area contributed by atoms with Crippen molar-refractivity contribution in [3.8, 4) is 11.5 Å². The van der Waals surface area contributed by atoms with E-state index in [0.717, 1.165) is 0 Å². The van der Waals surface area contributed by atoms with Gasteiger partial charge in [-0.1, -0.05) is 6.07 Å². The molecule has 0 amide bonds. The summed E-state index contributed by atoms with van der Waals surface area (Å²) in [4.78, 5) is 14.8. The molecule has 1 aromatic heterocycles. The number of carbonyl (C=O) groups is 1. The minimum Gasteiger partial charge on any atom is -0.478 e. The number of aromatic carboxylic acids is 1. The Morgan fingerprint density at radius 2 is 2.25 bits per heavy atom. The van der Waals surface area contributed by atoms with Crippen molar-refractivity contribution in [2.75, 3.05) is 0 Å². The van der Waals surface area contributed by atoms with Crippen molar-refractivity contribution in [1.82, 2.24) is 4.98 Å². The molecule has 0 fully saturated rings. The Morgan fingerprint density at radius 3 is 2.81 bits per heavy atom. The number of hydrogen-bond donors (Lipinski definition) is 1. The molecule has 0 aliphatic rings. The van der Waals surface area contributed by atoms with Crippen LogP contribution in [-0.4, -0.2) is 16.1 Å². The molecule has 82 valence electrons. The average molecular weight is 221 g/mol. The fourth-order valence-electron chi connectivity index (χ4n) is 1.39. The lowest BCUT2D eigenvalue weighted by Crippen LogP contribution is -2.01. The van der Waals surface area contributed by atoms with Gasteiger partial charge in [0.2, 0.25) is 5.89 Å². The first kappa shape index (κ1) is 10.4. The molecule has 1 N–H and O–H groups in total. The maximum Gasteiger partial charge on any atom is 0.336 e. The molecular formula is C11H8FNO3. The van der Waals surface area contributed by atoms with Crippen molar-refractivity contribution in [1.29, 1.82) is 0 Å². The van der Waals surface area contributed by atoms with Gasteiger partial charge in [0.15, 0.2) is 0 Å². The van der Waals surface area contributed by atoms with Crippen molar-refractivity contribution in [2.45, 2.75) is 6.92 Å². The number of oxazole rings is 1. The third kappa shape index (κ3) is 1.67. The first-order valence-electron chi connectivity index (χ1n) is 4.54. The number of carboxylic acid groups (broad SMARTS) is 1. The Balaban J connectivity index is 2.67. The molecule has 0 unspecified atom stereocenters. The number of aryl methyl sites for hydroxylation is 1. The van der Waals surface area contributed by atoms with E-state index >= 15 is 0 Å². The van der Waals surface area contributed by atoms with E-state index in [0.29, 0.717) is 5.69 Å². The van der Waals surface area contributed by atoms with Gasteiger partial charge >= 0.3 is 5.97 Å². The molecule has 0 saturated heterocycles. The minimum atomic E-state index is -1.22. The molecule has 0 aliphatic heterocycles. The van der Waals surface area contributed by atoms with Crippen LogP contribution in [0.5, 0.6) is 0 Å². The summed E-state index contributed by atoms with van der Waals surface area (Å²) >= 11 is 0. The Kier molecular flexibility index (Phi) is 2.44. The monoisotopic (exact) mass is 221 g/mol. The lowest BCUT2D eigenvalue weighted by Gasteiger charge is -2.02. The van der Waals surface area contributed by atoms with Gasteiger partial charge in [-0.3, -0.25) is 0 Å². The predicted molar refractivity (Wildman–Crippen MR) is 53.6 cm³/mol. The zero-order chi connectivity index (χ0) is 11.7. The second-order valence-electron chi connectivity index (χ2n) is 3.26.